The minimum Gasteiger partial charge on any atom is -0.479 e. The summed E-state index contributed by atoms with van der Waals surface area (Å²) in [5, 5.41) is 12.6. The van der Waals surface area contributed by atoms with Gasteiger partial charge in [-0.05, 0) is 25.0 Å². The molecule has 1 aliphatic rings. The number of nitrogens with zero attached hydrogens (tertiary/aromatic N) is 1. The van der Waals surface area contributed by atoms with Gasteiger partial charge in [-0.25, -0.2) is 4.79 Å². The molecule has 6 nitrogen and oxygen atoms in total. The molecule has 1 amide bonds. The van der Waals surface area contributed by atoms with E-state index in [-0.39, 0.29) is 5.91 Å². The lowest BCUT2D eigenvalue weighted by Crippen LogP contribution is -2.30. The fraction of sp³-hybridized carbons (Fsp3) is 0.267. The fourth-order valence-electron chi connectivity index (χ4n) is 2.43. The zero-order valence-corrected chi connectivity index (χ0v) is 11.2. The van der Waals surface area contributed by atoms with Crippen LogP contribution >= 0.6 is 0 Å². The van der Waals surface area contributed by atoms with Gasteiger partial charge >= 0.3 is 5.97 Å². The molecule has 1 aromatic heterocycles. The van der Waals surface area contributed by atoms with E-state index in [1.54, 1.807) is 12.3 Å². The number of hydrogen-bond donors (Lipinski definition) is 2. The summed E-state index contributed by atoms with van der Waals surface area (Å²) in [5.41, 5.74) is 1.29. The maximum Gasteiger partial charge on any atom is 0.332 e. The van der Waals surface area contributed by atoms with Crippen LogP contribution in [0.25, 0.3) is 10.9 Å². The molecule has 2 aromatic rings. The number of hydrogen-bond acceptors (Lipinski definition) is 4. The first kappa shape index (κ1) is 13.5. The predicted molar refractivity (Wildman–Crippen MR) is 75.9 cm³/mol. The molecule has 21 heavy (non-hydrogen) atoms. The van der Waals surface area contributed by atoms with Crippen molar-refractivity contribution < 1.29 is 19.4 Å². The number of carbonyl (C=O) groups is 2. The van der Waals surface area contributed by atoms with Crippen LogP contribution < -0.4 is 5.32 Å². The first-order valence-corrected chi connectivity index (χ1v) is 6.68. The van der Waals surface area contributed by atoms with Crippen molar-refractivity contribution >= 4 is 28.5 Å². The van der Waals surface area contributed by atoms with Gasteiger partial charge < -0.3 is 15.2 Å². The van der Waals surface area contributed by atoms with E-state index in [0.29, 0.717) is 24.0 Å². The van der Waals surface area contributed by atoms with Gasteiger partial charge in [0.05, 0.1) is 11.2 Å². The highest BCUT2D eigenvalue weighted by Crippen LogP contribution is 2.24. The van der Waals surface area contributed by atoms with Crippen LogP contribution in [0.15, 0.2) is 36.5 Å². The SMILES string of the molecule is O=C(O)C1CCC(C(=O)Nc2cccc3cccnc23)O1. The number of anilines is 1. The van der Waals surface area contributed by atoms with Gasteiger partial charge in [-0.3, -0.25) is 9.78 Å². The zero-order valence-electron chi connectivity index (χ0n) is 11.2. The third-order valence-electron chi connectivity index (χ3n) is 3.48. The number of carboxylic acid groups (broad SMARTS) is 1. The molecule has 0 bridgehead atoms. The van der Waals surface area contributed by atoms with Crippen molar-refractivity contribution in [3.05, 3.63) is 36.5 Å². The number of pyridine rings is 1. The lowest BCUT2D eigenvalue weighted by molar-refractivity contribution is -0.150. The number of rotatable bonds is 3. The number of nitrogens with one attached hydrogen (secondary N) is 1. The summed E-state index contributed by atoms with van der Waals surface area (Å²) in [6.45, 7) is 0. The van der Waals surface area contributed by atoms with Gasteiger partial charge in [-0.2, -0.15) is 0 Å². The minimum atomic E-state index is -1.03. The summed E-state index contributed by atoms with van der Waals surface area (Å²) >= 11 is 0. The Labute approximate surface area is 120 Å². The van der Waals surface area contributed by atoms with E-state index in [0.717, 1.165) is 5.39 Å². The minimum absolute atomic E-state index is 0.336. The summed E-state index contributed by atoms with van der Waals surface area (Å²) in [5.74, 6) is -1.37. The molecule has 108 valence electrons. The van der Waals surface area contributed by atoms with E-state index in [9.17, 15) is 9.59 Å². The number of amides is 1. The number of carboxylic acids is 1. The van der Waals surface area contributed by atoms with Crippen molar-refractivity contribution in [3.63, 3.8) is 0 Å². The van der Waals surface area contributed by atoms with E-state index >= 15 is 0 Å². The second-order valence-electron chi connectivity index (χ2n) is 4.90. The zero-order chi connectivity index (χ0) is 14.8. The van der Waals surface area contributed by atoms with E-state index in [4.69, 9.17) is 9.84 Å². The van der Waals surface area contributed by atoms with Crippen LogP contribution in [-0.2, 0) is 14.3 Å². The topological polar surface area (TPSA) is 88.5 Å². The molecule has 2 heterocycles. The van der Waals surface area contributed by atoms with E-state index < -0.39 is 18.2 Å². The molecular formula is C15H14N2O4. The number of carbonyl (C=O) groups excluding carboxylic acids is 1. The van der Waals surface area contributed by atoms with Crippen molar-refractivity contribution in [2.45, 2.75) is 25.0 Å². The molecule has 0 saturated carbocycles. The first-order chi connectivity index (χ1) is 10.1. The molecule has 1 aromatic carbocycles. The number of ether oxygens (including phenoxy) is 1. The summed E-state index contributed by atoms with van der Waals surface area (Å²) in [7, 11) is 0. The van der Waals surface area contributed by atoms with Gasteiger partial charge in [0.2, 0.25) is 0 Å². The number of fused-ring (bicyclic) bond motifs is 1. The quantitative estimate of drug-likeness (QED) is 0.898. The monoisotopic (exact) mass is 286 g/mol. The van der Waals surface area contributed by atoms with Gasteiger partial charge in [0.15, 0.2) is 6.10 Å². The molecule has 1 fully saturated rings. The fourth-order valence-corrected chi connectivity index (χ4v) is 2.43. The van der Waals surface area contributed by atoms with Crippen LogP contribution in [0.1, 0.15) is 12.8 Å². The smallest absolute Gasteiger partial charge is 0.332 e. The van der Waals surface area contributed by atoms with Gasteiger partial charge in [-0.15, -0.1) is 0 Å². The van der Waals surface area contributed by atoms with Crippen molar-refractivity contribution in [2.75, 3.05) is 5.32 Å². The molecule has 3 rings (SSSR count). The Hall–Kier alpha value is -2.47. The van der Waals surface area contributed by atoms with E-state index in [2.05, 4.69) is 10.3 Å². The molecule has 0 spiro atoms. The van der Waals surface area contributed by atoms with Crippen LogP contribution in [0.2, 0.25) is 0 Å². The Morgan fingerprint density at radius 1 is 1.19 bits per heavy atom. The molecule has 6 heteroatoms. The number of aliphatic carboxylic acids is 1. The van der Waals surface area contributed by atoms with Crippen LogP contribution in [0.3, 0.4) is 0 Å². The summed E-state index contributed by atoms with van der Waals surface area (Å²) < 4.78 is 5.24. The predicted octanol–water partition coefficient (Wildman–Crippen LogP) is 1.81. The third-order valence-corrected chi connectivity index (χ3v) is 3.48. The molecule has 0 radical (unpaired) electrons. The van der Waals surface area contributed by atoms with E-state index in [1.807, 2.05) is 24.3 Å². The molecule has 1 aliphatic heterocycles. The highest BCUT2D eigenvalue weighted by atomic mass is 16.5. The van der Waals surface area contributed by atoms with Gasteiger partial charge in [0.25, 0.3) is 5.91 Å². The molecule has 2 atom stereocenters. The normalized spacial score (nSPS) is 21.3. The van der Waals surface area contributed by atoms with Crippen molar-refractivity contribution in [1.29, 1.82) is 0 Å². The highest BCUT2D eigenvalue weighted by Gasteiger charge is 2.34. The van der Waals surface area contributed by atoms with Gasteiger partial charge in [-0.1, -0.05) is 18.2 Å². The second kappa shape index (κ2) is 5.49. The first-order valence-electron chi connectivity index (χ1n) is 6.68. The van der Waals surface area contributed by atoms with Crippen LogP contribution in [-0.4, -0.2) is 34.2 Å². The van der Waals surface area contributed by atoms with Crippen LogP contribution in [0.4, 0.5) is 5.69 Å². The maximum atomic E-state index is 12.2. The lowest BCUT2D eigenvalue weighted by atomic mass is 10.1. The maximum absolute atomic E-state index is 12.2. The Morgan fingerprint density at radius 2 is 1.95 bits per heavy atom. The average Bonchev–Trinajstić information content (AvgIpc) is 2.98. The Morgan fingerprint density at radius 3 is 2.71 bits per heavy atom. The van der Waals surface area contributed by atoms with E-state index in [1.165, 1.54) is 0 Å². The second-order valence-corrected chi connectivity index (χ2v) is 4.90. The average molecular weight is 286 g/mol. The number of benzene rings is 1. The Bertz CT molecular complexity index is 696. The Kier molecular flexibility index (Phi) is 3.53. The summed E-state index contributed by atoms with van der Waals surface area (Å²) in [6.07, 6.45) is 0.781. The highest BCUT2D eigenvalue weighted by molar-refractivity contribution is 6.02. The summed E-state index contributed by atoms with van der Waals surface area (Å²) in [4.78, 5) is 27.3. The van der Waals surface area contributed by atoms with Crippen LogP contribution in [0.5, 0.6) is 0 Å². The van der Waals surface area contributed by atoms with Gasteiger partial charge in [0.1, 0.15) is 6.10 Å². The van der Waals surface area contributed by atoms with Crippen molar-refractivity contribution in [1.82, 2.24) is 4.98 Å². The Balaban J connectivity index is 1.77. The molecule has 2 N–H and O–H groups in total. The van der Waals surface area contributed by atoms with Crippen molar-refractivity contribution in [3.8, 4) is 0 Å². The standard InChI is InChI=1S/C15H14N2O4/c18-14(11-6-7-12(21-11)15(19)20)17-10-5-1-3-9-4-2-8-16-13(9)10/h1-5,8,11-12H,6-7H2,(H,17,18)(H,19,20). The number of aromatic nitrogens is 1. The molecule has 2 unspecified atom stereocenters. The van der Waals surface area contributed by atoms with Crippen LogP contribution in [0, 0.1) is 0 Å². The van der Waals surface area contributed by atoms with Crippen molar-refractivity contribution in [2.24, 2.45) is 0 Å². The summed E-state index contributed by atoms with van der Waals surface area (Å²) in [6, 6.07) is 9.23. The molecular weight excluding hydrogens is 272 g/mol. The third kappa shape index (κ3) is 2.71. The number of para-hydroxylation sites is 1. The lowest BCUT2D eigenvalue weighted by Gasteiger charge is -2.12. The largest absolute Gasteiger partial charge is 0.479 e. The molecule has 0 aliphatic carbocycles. The van der Waals surface area contributed by atoms with Gasteiger partial charge in [0, 0.05) is 11.6 Å². The molecule has 1 saturated heterocycles.